The van der Waals surface area contributed by atoms with E-state index in [2.05, 4.69) is 9.97 Å². The molecule has 3 heterocycles. The van der Waals surface area contributed by atoms with E-state index in [0.717, 1.165) is 22.5 Å². The van der Waals surface area contributed by atoms with Crippen molar-refractivity contribution in [2.45, 2.75) is 0 Å². The van der Waals surface area contributed by atoms with Crippen LogP contribution in [0.4, 0.5) is 5.69 Å². The largest absolute Gasteiger partial charge is 0.493 e. The van der Waals surface area contributed by atoms with Crippen molar-refractivity contribution in [2.75, 3.05) is 21.3 Å². The summed E-state index contributed by atoms with van der Waals surface area (Å²) in [4.78, 5) is 13.6. The average Bonchev–Trinajstić information content (AvgIpc) is 3.25. The first-order chi connectivity index (χ1) is 15.7. The molecular weight excluding hydrogens is 426 g/mol. The van der Waals surface area contributed by atoms with E-state index in [1.807, 2.05) is 41.8 Å². The molecule has 0 atom stereocenters. The smallest absolute Gasteiger partial charge is 0.211 e. The van der Waals surface area contributed by atoms with Gasteiger partial charge in [-0.3, -0.25) is 9.97 Å². The van der Waals surface area contributed by atoms with Gasteiger partial charge in [0.05, 0.1) is 45.1 Å². The Balaban J connectivity index is 1.90. The van der Waals surface area contributed by atoms with Crippen molar-refractivity contribution < 1.29 is 14.2 Å². The lowest BCUT2D eigenvalue weighted by Gasteiger charge is -2.14. The molecule has 0 saturated carbocycles. The molecule has 0 bridgehead atoms. The molecule has 0 saturated heterocycles. The number of pyridine rings is 2. The Hall–Kier alpha value is -3.98. The topological polar surface area (TPSA) is 83.1 Å². The quantitative estimate of drug-likeness (QED) is 0.398. The molecule has 0 N–H and O–H groups in total. The second kappa shape index (κ2) is 9.88. The van der Waals surface area contributed by atoms with Crippen LogP contribution >= 0.6 is 11.3 Å². The maximum absolute atomic E-state index is 5.52. The zero-order valence-electron chi connectivity index (χ0n) is 17.8. The molecule has 0 aliphatic heterocycles. The molecule has 8 nitrogen and oxygen atoms in total. The van der Waals surface area contributed by atoms with E-state index in [0.29, 0.717) is 22.0 Å². The summed E-state index contributed by atoms with van der Waals surface area (Å²) in [6.07, 6.45) is 8.62. The lowest BCUT2D eigenvalue weighted by Crippen LogP contribution is -2.11. The van der Waals surface area contributed by atoms with E-state index in [1.54, 1.807) is 57.0 Å². The van der Waals surface area contributed by atoms with E-state index in [9.17, 15) is 0 Å². The standard InChI is InChI=1S/C23H21N5O3S/c1-29-20-11-17(12-21(30-2)22(20)31-3)19-15-32-23(27-18-5-4-8-25-14-18)28(19)26-13-16-6-9-24-10-7-16/h4-15H,1-3H3. The van der Waals surface area contributed by atoms with Gasteiger partial charge in [0.15, 0.2) is 11.5 Å². The fourth-order valence-electron chi connectivity index (χ4n) is 3.02. The van der Waals surface area contributed by atoms with Gasteiger partial charge in [-0.05, 0) is 42.0 Å². The summed E-state index contributed by atoms with van der Waals surface area (Å²) in [5.74, 6) is 1.65. The summed E-state index contributed by atoms with van der Waals surface area (Å²) in [5.41, 5.74) is 3.32. The van der Waals surface area contributed by atoms with Crippen LogP contribution in [0.25, 0.3) is 11.3 Å². The lowest BCUT2D eigenvalue weighted by atomic mass is 10.1. The molecule has 4 aromatic rings. The molecule has 0 aliphatic rings. The molecule has 1 aromatic carbocycles. The number of hydrogen-bond acceptors (Lipinski definition) is 8. The number of benzene rings is 1. The van der Waals surface area contributed by atoms with Gasteiger partial charge in [-0.15, -0.1) is 11.3 Å². The number of methoxy groups -OCH3 is 3. The molecule has 0 fully saturated rings. The molecule has 3 aromatic heterocycles. The Morgan fingerprint density at radius 3 is 2.31 bits per heavy atom. The van der Waals surface area contributed by atoms with Crippen molar-refractivity contribution >= 4 is 23.2 Å². The van der Waals surface area contributed by atoms with Crippen molar-refractivity contribution in [3.8, 4) is 28.5 Å². The van der Waals surface area contributed by atoms with E-state index in [1.165, 1.54) is 11.3 Å². The molecule has 162 valence electrons. The van der Waals surface area contributed by atoms with Crippen LogP contribution in [-0.4, -0.2) is 42.2 Å². The van der Waals surface area contributed by atoms with Crippen LogP contribution in [0.1, 0.15) is 5.56 Å². The van der Waals surface area contributed by atoms with E-state index >= 15 is 0 Å². The minimum absolute atomic E-state index is 0.529. The Labute approximate surface area is 189 Å². The number of ether oxygens (including phenoxy) is 3. The Kier molecular flexibility index (Phi) is 6.57. The summed E-state index contributed by atoms with van der Waals surface area (Å²) in [6.45, 7) is 0. The molecule has 9 heteroatoms. The number of thiazole rings is 1. The lowest BCUT2D eigenvalue weighted by molar-refractivity contribution is 0.324. The van der Waals surface area contributed by atoms with Crippen molar-refractivity contribution in [2.24, 2.45) is 10.1 Å². The Morgan fingerprint density at radius 2 is 1.69 bits per heavy atom. The summed E-state index contributed by atoms with van der Waals surface area (Å²) in [5, 5.41) is 6.70. The third kappa shape index (κ3) is 4.52. The summed E-state index contributed by atoms with van der Waals surface area (Å²) < 4.78 is 18.3. The van der Waals surface area contributed by atoms with E-state index in [4.69, 9.17) is 24.3 Å². The van der Waals surface area contributed by atoms with E-state index < -0.39 is 0 Å². The second-order valence-electron chi connectivity index (χ2n) is 6.48. The van der Waals surface area contributed by atoms with Crippen molar-refractivity contribution in [1.82, 2.24) is 14.6 Å². The van der Waals surface area contributed by atoms with Crippen LogP contribution in [-0.2, 0) is 0 Å². The van der Waals surface area contributed by atoms with Gasteiger partial charge < -0.3 is 14.2 Å². The number of hydrogen-bond donors (Lipinski definition) is 0. The third-order valence-corrected chi connectivity index (χ3v) is 5.36. The molecule has 0 spiro atoms. The highest BCUT2D eigenvalue weighted by molar-refractivity contribution is 7.07. The minimum atomic E-state index is 0.529. The monoisotopic (exact) mass is 447 g/mol. The highest BCUT2D eigenvalue weighted by Crippen LogP contribution is 2.41. The van der Waals surface area contributed by atoms with Crippen LogP contribution in [0.15, 0.2) is 76.7 Å². The second-order valence-corrected chi connectivity index (χ2v) is 7.31. The van der Waals surface area contributed by atoms with Crippen LogP contribution in [0, 0.1) is 0 Å². The molecule has 32 heavy (non-hydrogen) atoms. The van der Waals surface area contributed by atoms with Crippen LogP contribution in [0.5, 0.6) is 17.2 Å². The Morgan fingerprint density at radius 1 is 0.938 bits per heavy atom. The zero-order chi connectivity index (χ0) is 22.3. The fourth-order valence-corrected chi connectivity index (χ4v) is 3.88. The fraction of sp³-hybridized carbons (Fsp3) is 0.130. The predicted octanol–water partition coefficient (Wildman–Crippen LogP) is 4.15. The average molecular weight is 448 g/mol. The van der Waals surface area contributed by atoms with Crippen molar-refractivity contribution in [3.63, 3.8) is 0 Å². The van der Waals surface area contributed by atoms with Gasteiger partial charge in [-0.2, -0.15) is 5.10 Å². The number of aromatic nitrogens is 3. The van der Waals surface area contributed by atoms with Gasteiger partial charge in [0, 0.05) is 29.5 Å². The third-order valence-electron chi connectivity index (χ3n) is 4.54. The van der Waals surface area contributed by atoms with Crippen molar-refractivity contribution in [3.05, 3.63) is 76.9 Å². The Bertz CT molecular complexity index is 1260. The first-order valence-corrected chi connectivity index (χ1v) is 10.5. The highest BCUT2D eigenvalue weighted by atomic mass is 32.1. The normalized spacial score (nSPS) is 11.7. The maximum atomic E-state index is 5.52. The molecule has 0 unspecified atom stereocenters. The van der Waals surface area contributed by atoms with Crippen LogP contribution < -0.4 is 19.0 Å². The first-order valence-electron chi connectivity index (χ1n) is 9.63. The van der Waals surface area contributed by atoms with Gasteiger partial charge >= 0.3 is 0 Å². The van der Waals surface area contributed by atoms with Gasteiger partial charge in [-0.25, -0.2) is 9.67 Å². The number of nitrogens with zero attached hydrogens (tertiary/aromatic N) is 5. The van der Waals surface area contributed by atoms with Crippen LogP contribution in [0.2, 0.25) is 0 Å². The first kappa shape index (κ1) is 21.3. The molecular formula is C23H21N5O3S. The van der Waals surface area contributed by atoms with E-state index in [-0.39, 0.29) is 0 Å². The summed E-state index contributed by atoms with van der Waals surface area (Å²) in [6, 6.07) is 11.3. The van der Waals surface area contributed by atoms with Gasteiger partial charge in [-0.1, -0.05) is 0 Å². The van der Waals surface area contributed by atoms with Gasteiger partial charge in [0.1, 0.15) is 0 Å². The molecule has 4 rings (SSSR count). The zero-order valence-corrected chi connectivity index (χ0v) is 18.6. The summed E-state index contributed by atoms with van der Waals surface area (Å²) >= 11 is 1.47. The maximum Gasteiger partial charge on any atom is 0.211 e. The summed E-state index contributed by atoms with van der Waals surface area (Å²) in [7, 11) is 4.76. The molecule has 0 aliphatic carbocycles. The highest BCUT2D eigenvalue weighted by Gasteiger charge is 2.17. The van der Waals surface area contributed by atoms with Gasteiger partial charge in [0.2, 0.25) is 10.6 Å². The predicted molar refractivity (Wildman–Crippen MR) is 124 cm³/mol. The molecule has 0 radical (unpaired) electrons. The van der Waals surface area contributed by atoms with Crippen molar-refractivity contribution in [1.29, 1.82) is 0 Å². The van der Waals surface area contributed by atoms with Crippen LogP contribution in [0.3, 0.4) is 0 Å². The minimum Gasteiger partial charge on any atom is -0.493 e. The molecule has 0 amide bonds. The van der Waals surface area contributed by atoms with Gasteiger partial charge in [0.25, 0.3) is 0 Å². The number of rotatable bonds is 7. The SMILES string of the molecule is COc1cc(-c2csc(=Nc3cccnc3)n2N=Cc2ccncc2)cc(OC)c1OC.